The molecule has 2 aromatic carbocycles. The fraction of sp³-hybridized carbons (Fsp3) is 0.280. The van der Waals surface area contributed by atoms with Gasteiger partial charge in [0.25, 0.3) is 5.91 Å². The Morgan fingerprint density at radius 2 is 1.74 bits per heavy atom. The summed E-state index contributed by atoms with van der Waals surface area (Å²) < 4.78 is 12.8. The van der Waals surface area contributed by atoms with E-state index in [2.05, 4.69) is 32.9 Å². The summed E-state index contributed by atoms with van der Waals surface area (Å²) in [5, 5.41) is 2.94. The Balaban J connectivity index is 1.67. The number of carbonyl (C=O) groups is 1. The lowest BCUT2D eigenvalue weighted by Gasteiger charge is -2.16. The zero-order valence-electron chi connectivity index (χ0n) is 18.2. The number of amides is 1. The molecule has 5 nitrogen and oxygen atoms in total. The zero-order chi connectivity index (χ0) is 22.4. The molecule has 162 valence electrons. The highest BCUT2D eigenvalue weighted by Gasteiger charge is 2.14. The second-order valence-electron chi connectivity index (χ2n) is 7.68. The van der Waals surface area contributed by atoms with Crippen molar-refractivity contribution in [1.29, 1.82) is 0 Å². The van der Waals surface area contributed by atoms with E-state index < -0.39 is 0 Å². The van der Waals surface area contributed by atoms with E-state index in [0.29, 0.717) is 29.1 Å². The van der Waals surface area contributed by atoms with Crippen molar-refractivity contribution in [3.8, 4) is 11.5 Å². The molecular weight excluding hydrogens is 503 g/mol. The van der Waals surface area contributed by atoms with Crippen LogP contribution >= 0.6 is 22.6 Å². The van der Waals surface area contributed by atoms with Crippen molar-refractivity contribution >= 4 is 34.2 Å². The van der Waals surface area contributed by atoms with Gasteiger partial charge in [-0.25, -0.2) is 0 Å². The molecule has 31 heavy (non-hydrogen) atoms. The highest BCUT2D eigenvalue weighted by atomic mass is 127. The van der Waals surface area contributed by atoms with Crippen LogP contribution in [0.4, 0.5) is 5.69 Å². The number of rotatable bonds is 8. The van der Waals surface area contributed by atoms with Gasteiger partial charge in [0, 0.05) is 27.4 Å². The summed E-state index contributed by atoms with van der Waals surface area (Å²) in [4.78, 5) is 17.4. The first-order chi connectivity index (χ1) is 14.8. The molecule has 0 aliphatic carbocycles. The van der Waals surface area contributed by atoms with Gasteiger partial charge in [-0.3, -0.25) is 9.78 Å². The predicted octanol–water partition coefficient (Wildman–Crippen LogP) is 6.40. The van der Waals surface area contributed by atoms with Crippen LogP contribution in [0.15, 0.2) is 60.7 Å². The van der Waals surface area contributed by atoms with E-state index in [1.807, 2.05) is 82.3 Å². The second kappa shape index (κ2) is 10.7. The number of nitrogens with zero attached hydrogens (tertiary/aromatic N) is 1. The Hall–Kier alpha value is -2.45. The van der Waals surface area contributed by atoms with Crippen LogP contribution in [0.25, 0.3) is 0 Å². The van der Waals surface area contributed by atoms with Crippen molar-refractivity contribution in [1.82, 2.24) is 4.98 Å². The van der Waals surface area contributed by atoms with E-state index in [9.17, 15) is 4.79 Å². The van der Waals surface area contributed by atoms with Gasteiger partial charge in [0.1, 0.15) is 11.5 Å². The van der Waals surface area contributed by atoms with Crippen LogP contribution in [0.2, 0.25) is 0 Å². The van der Waals surface area contributed by atoms with Gasteiger partial charge >= 0.3 is 0 Å². The molecule has 3 aromatic rings. The number of pyridine rings is 1. The summed E-state index contributed by atoms with van der Waals surface area (Å²) in [6.07, 6.45) is 0.951. The Morgan fingerprint density at radius 3 is 2.42 bits per heavy atom. The molecule has 1 aromatic heterocycles. The summed E-state index contributed by atoms with van der Waals surface area (Å²) in [7, 11) is 0. The van der Waals surface area contributed by atoms with Crippen LogP contribution < -0.4 is 10.1 Å². The van der Waals surface area contributed by atoms with Crippen LogP contribution in [0.5, 0.6) is 11.5 Å². The molecule has 0 spiro atoms. The SMILES string of the molecule is Cc1nc(CC(C)OC(C)C)ccc1C(=O)Nc1cccc(Oc2cccc(I)c2)c1. The molecule has 0 saturated heterocycles. The van der Waals surface area contributed by atoms with E-state index in [1.165, 1.54) is 0 Å². The molecule has 0 bridgehead atoms. The van der Waals surface area contributed by atoms with Gasteiger partial charge in [-0.05, 0) is 92.8 Å². The number of nitrogens with one attached hydrogen (secondary N) is 1. The van der Waals surface area contributed by atoms with E-state index in [-0.39, 0.29) is 18.1 Å². The lowest BCUT2D eigenvalue weighted by molar-refractivity contribution is 0.0190. The van der Waals surface area contributed by atoms with E-state index in [4.69, 9.17) is 9.47 Å². The van der Waals surface area contributed by atoms with Gasteiger partial charge in [-0.1, -0.05) is 12.1 Å². The first-order valence-electron chi connectivity index (χ1n) is 10.3. The summed E-state index contributed by atoms with van der Waals surface area (Å²) in [6.45, 7) is 7.92. The maximum atomic E-state index is 12.8. The molecule has 1 atom stereocenters. The number of hydrogen-bond donors (Lipinski definition) is 1. The molecule has 0 aliphatic rings. The molecule has 0 aliphatic heterocycles. The van der Waals surface area contributed by atoms with Crippen LogP contribution in [-0.4, -0.2) is 23.1 Å². The lowest BCUT2D eigenvalue weighted by atomic mass is 10.1. The third-order valence-electron chi connectivity index (χ3n) is 4.51. The number of aryl methyl sites for hydroxylation is 1. The van der Waals surface area contributed by atoms with Gasteiger partial charge in [-0.15, -0.1) is 0 Å². The first-order valence-corrected chi connectivity index (χ1v) is 11.3. The number of hydrogen-bond acceptors (Lipinski definition) is 4. The standard InChI is InChI=1S/C25H27IN2O3/c1-16(2)30-17(3)13-21-11-12-24(18(4)27-21)25(29)28-20-8-6-10-23(15-20)31-22-9-5-7-19(26)14-22/h5-12,14-17H,13H2,1-4H3,(H,28,29). The third-order valence-corrected chi connectivity index (χ3v) is 5.18. The molecule has 1 unspecified atom stereocenters. The molecule has 0 radical (unpaired) electrons. The van der Waals surface area contributed by atoms with Crippen LogP contribution in [0.3, 0.4) is 0 Å². The minimum absolute atomic E-state index is 0.0715. The van der Waals surface area contributed by atoms with E-state index in [1.54, 1.807) is 6.07 Å². The molecule has 1 heterocycles. The van der Waals surface area contributed by atoms with Crippen molar-refractivity contribution in [2.45, 2.75) is 46.3 Å². The van der Waals surface area contributed by atoms with Gasteiger partial charge < -0.3 is 14.8 Å². The van der Waals surface area contributed by atoms with Gasteiger partial charge in [-0.2, -0.15) is 0 Å². The molecule has 1 N–H and O–H groups in total. The molecular formula is C25H27IN2O3. The number of aromatic nitrogens is 1. The summed E-state index contributed by atoms with van der Waals surface area (Å²) >= 11 is 2.24. The molecule has 6 heteroatoms. The highest BCUT2D eigenvalue weighted by Crippen LogP contribution is 2.25. The number of anilines is 1. The molecule has 1 amide bonds. The minimum Gasteiger partial charge on any atom is -0.457 e. The smallest absolute Gasteiger partial charge is 0.257 e. The number of halogens is 1. The Bertz CT molecular complexity index is 1050. The predicted molar refractivity (Wildman–Crippen MR) is 132 cm³/mol. The van der Waals surface area contributed by atoms with E-state index >= 15 is 0 Å². The average Bonchev–Trinajstić information content (AvgIpc) is 2.67. The van der Waals surface area contributed by atoms with E-state index in [0.717, 1.165) is 15.0 Å². The van der Waals surface area contributed by atoms with Gasteiger partial charge in [0.2, 0.25) is 0 Å². The summed E-state index contributed by atoms with van der Waals surface area (Å²) in [5.74, 6) is 1.21. The Kier molecular flexibility index (Phi) is 8.03. The summed E-state index contributed by atoms with van der Waals surface area (Å²) in [5.41, 5.74) is 2.81. The largest absolute Gasteiger partial charge is 0.457 e. The van der Waals surface area contributed by atoms with Crippen molar-refractivity contribution in [3.63, 3.8) is 0 Å². The topological polar surface area (TPSA) is 60.5 Å². The minimum atomic E-state index is -0.200. The molecule has 3 rings (SSSR count). The van der Waals surface area contributed by atoms with Gasteiger partial charge in [0.15, 0.2) is 0 Å². The van der Waals surface area contributed by atoms with Crippen molar-refractivity contribution in [2.24, 2.45) is 0 Å². The van der Waals surface area contributed by atoms with Gasteiger partial charge in [0.05, 0.1) is 23.5 Å². The fourth-order valence-corrected chi connectivity index (χ4v) is 3.79. The Morgan fingerprint density at radius 1 is 1.03 bits per heavy atom. The number of benzene rings is 2. The van der Waals surface area contributed by atoms with Crippen LogP contribution in [0, 0.1) is 10.5 Å². The lowest BCUT2D eigenvalue weighted by Crippen LogP contribution is -2.18. The summed E-state index contributed by atoms with van der Waals surface area (Å²) in [6, 6.07) is 18.9. The fourth-order valence-electron chi connectivity index (χ4n) is 3.28. The second-order valence-corrected chi connectivity index (χ2v) is 8.92. The first kappa shape index (κ1) is 23.2. The third kappa shape index (κ3) is 7.04. The van der Waals surface area contributed by atoms with Crippen LogP contribution in [-0.2, 0) is 11.2 Å². The van der Waals surface area contributed by atoms with Crippen molar-refractivity contribution < 1.29 is 14.3 Å². The molecule has 0 fully saturated rings. The normalized spacial score (nSPS) is 11.9. The zero-order valence-corrected chi connectivity index (χ0v) is 20.3. The van der Waals surface area contributed by atoms with Crippen molar-refractivity contribution in [3.05, 3.63) is 81.2 Å². The quantitative estimate of drug-likeness (QED) is 0.343. The molecule has 0 saturated carbocycles. The van der Waals surface area contributed by atoms with Crippen molar-refractivity contribution in [2.75, 3.05) is 5.32 Å². The average molecular weight is 530 g/mol. The highest BCUT2D eigenvalue weighted by molar-refractivity contribution is 14.1. The Labute approximate surface area is 197 Å². The number of ether oxygens (including phenoxy) is 2. The maximum absolute atomic E-state index is 12.8. The van der Waals surface area contributed by atoms with Crippen LogP contribution in [0.1, 0.15) is 42.5 Å². The maximum Gasteiger partial charge on any atom is 0.257 e. The monoisotopic (exact) mass is 530 g/mol. The number of carbonyl (C=O) groups excluding carboxylic acids is 1.